The largest absolute Gasteiger partial charge is 0.468 e. The Balaban J connectivity index is 2.20. The monoisotopic (exact) mass is 277 g/mol. The Morgan fingerprint density at radius 3 is 1.95 bits per heavy atom. The second kappa shape index (κ2) is 6.52. The minimum absolute atomic E-state index is 0.130. The van der Waals surface area contributed by atoms with Crippen molar-refractivity contribution < 1.29 is 19.1 Å². The summed E-state index contributed by atoms with van der Waals surface area (Å²) in [7, 11) is 2.70. The highest BCUT2D eigenvalue weighted by Crippen LogP contribution is 2.31. The normalized spacial score (nSPS) is 25.8. The van der Waals surface area contributed by atoms with Gasteiger partial charge in [0.05, 0.1) is 14.2 Å². The van der Waals surface area contributed by atoms with Gasteiger partial charge in [0.2, 0.25) is 0 Å². The molecular weight excluding hydrogens is 258 g/mol. The van der Waals surface area contributed by atoms with E-state index in [0.717, 1.165) is 5.56 Å². The number of hydrogen-bond donors (Lipinski definition) is 1. The van der Waals surface area contributed by atoms with E-state index >= 15 is 0 Å². The molecule has 2 unspecified atom stereocenters. The maximum Gasteiger partial charge on any atom is 0.322 e. The van der Waals surface area contributed by atoms with Crippen LogP contribution in [0.15, 0.2) is 30.3 Å². The number of hydrogen-bond acceptors (Lipinski definition) is 5. The Bertz CT molecular complexity index is 450. The maximum absolute atomic E-state index is 11.8. The van der Waals surface area contributed by atoms with E-state index in [9.17, 15) is 9.59 Å². The molecule has 108 valence electrons. The summed E-state index contributed by atoms with van der Waals surface area (Å²) in [5.74, 6) is -0.565. The van der Waals surface area contributed by atoms with Gasteiger partial charge in [0.25, 0.3) is 0 Å². The summed E-state index contributed by atoms with van der Waals surface area (Å²) in [5.41, 5.74) is 1.12. The van der Waals surface area contributed by atoms with Gasteiger partial charge in [-0.15, -0.1) is 0 Å². The Morgan fingerprint density at radius 1 is 1.00 bits per heavy atom. The molecule has 0 radical (unpaired) electrons. The standard InChI is InChI=1S/C15H19NO4/c1-19-14(17)12-8-11(10-6-4-3-5-7-10)9-13(16-12)15(18)20-2/h3-7,11-13,16H,8-9H2,1-2H3. The molecule has 0 bridgehead atoms. The van der Waals surface area contributed by atoms with Crippen LogP contribution in [0.3, 0.4) is 0 Å². The highest BCUT2D eigenvalue weighted by molar-refractivity contribution is 5.80. The van der Waals surface area contributed by atoms with E-state index in [1.54, 1.807) is 0 Å². The van der Waals surface area contributed by atoms with Crippen molar-refractivity contribution in [1.29, 1.82) is 0 Å². The first-order valence-electron chi connectivity index (χ1n) is 6.62. The molecule has 2 atom stereocenters. The van der Waals surface area contributed by atoms with Crippen LogP contribution in [0.25, 0.3) is 0 Å². The van der Waals surface area contributed by atoms with Crippen LogP contribution in [0.1, 0.15) is 24.3 Å². The molecule has 1 saturated heterocycles. The second-order valence-electron chi connectivity index (χ2n) is 4.90. The zero-order valence-electron chi connectivity index (χ0n) is 11.7. The number of rotatable bonds is 3. The molecule has 0 amide bonds. The molecule has 5 nitrogen and oxygen atoms in total. The van der Waals surface area contributed by atoms with Gasteiger partial charge < -0.3 is 9.47 Å². The predicted octanol–water partition coefficient (Wildman–Crippen LogP) is 1.24. The lowest BCUT2D eigenvalue weighted by molar-refractivity contribution is -0.148. The van der Waals surface area contributed by atoms with Crippen LogP contribution in [0.5, 0.6) is 0 Å². The van der Waals surface area contributed by atoms with Crippen molar-refractivity contribution >= 4 is 11.9 Å². The van der Waals surface area contributed by atoms with Crippen LogP contribution in [0, 0.1) is 0 Å². The van der Waals surface area contributed by atoms with E-state index in [4.69, 9.17) is 9.47 Å². The van der Waals surface area contributed by atoms with E-state index in [1.165, 1.54) is 14.2 Å². The number of benzene rings is 1. The number of ether oxygens (including phenoxy) is 2. The summed E-state index contributed by atoms with van der Waals surface area (Å²) in [6, 6.07) is 8.92. The van der Waals surface area contributed by atoms with Crippen molar-refractivity contribution in [3.8, 4) is 0 Å². The Hall–Kier alpha value is -1.88. The molecule has 1 fully saturated rings. The third-order valence-electron chi connectivity index (χ3n) is 3.69. The molecule has 2 rings (SSSR count). The fraction of sp³-hybridized carbons (Fsp3) is 0.467. The molecule has 0 saturated carbocycles. The number of nitrogens with one attached hydrogen (secondary N) is 1. The topological polar surface area (TPSA) is 64.6 Å². The van der Waals surface area contributed by atoms with Crippen LogP contribution in [-0.4, -0.2) is 38.2 Å². The third kappa shape index (κ3) is 3.17. The van der Waals surface area contributed by atoms with Crippen LogP contribution < -0.4 is 5.32 Å². The number of carbonyl (C=O) groups is 2. The Kier molecular flexibility index (Phi) is 4.74. The first-order chi connectivity index (χ1) is 9.65. The second-order valence-corrected chi connectivity index (χ2v) is 4.90. The molecule has 1 aromatic carbocycles. The quantitative estimate of drug-likeness (QED) is 0.842. The van der Waals surface area contributed by atoms with Gasteiger partial charge in [-0.25, -0.2) is 0 Å². The fourth-order valence-electron chi connectivity index (χ4n) is 2.65. The van der Waals surface area contributed by atoms with Gasteiger partial charge in [-0.2, -0.15) is 0 Å². The van der Waals surface area contributed by atoms with Crippen LogP contribution in [-0.2, 0) is 19.1 Å². The van der Waals surface area contributed by atoms with Crippen molar-refractivity contribution in [3.63, 3.8) is 0 Å². The van der Waals surface area contributed by atoms with Gasteiger partial charge in [0, 0.05) is 0 Å². The van der Waals surface area contributed by atoms with Crippen LogP contribution >= 0.6 is 0 Å². The minimum Gasteiger partial charge on any atom is -0.468 e. The minimum atomic E-state index is -0.483. The van der Waals surface area contributed by atoms with Gasteiger partial charge >= 0.3 is 11.9 Å². The summed E-state index contributed by atoms with van der Waals surface area (Å²) in [6.07, 6.45) is 1.23. The molecule has 1 aliphatic heterocycles. The zero-order valence-corrected chi connectivity index (χ0v) is 11.7. The summed E-state index contributed by atoms with van der Waals surface area (Å²) in [6.45, 7) is 0. The van der Waals surface area contributed by atoms with E-state index in [2.05, 4.69) is 5.32 Å². The van der Waals surface area contributed by atoms with Gasteiger partial charge in [-0.05, 0) is 24.3 Å². The lowest BCUT2D eigenvalue weighted by Crippen LogP contribution is -2.52. The zero-order chi connectivity index (χ0) is 14.5. The summed E-state index contributed by atoms with van der Waals surface area (Å²) in [5, 5.41) is 3.01. The third-order valence-corrected chi connectivity index (χ3v) is 3.69. The van der Waals surface area contributed by atoms with Gasteiger partial charge in [0.15, 0.2) is 0 Å². The van der Waals surface area contributed by atoms with E-state index < -0.39 is 12.1 Å². The lowest BCUT2D eigenvalue weighted by Gasteiger charge is -2.33. The van der Waals surface area contributed by atoms with Gasteiger partial charge in [-0.3, -0.25) is 14.9 Å². The summed E-state index contributed by atoms with van der Waals surface area (Å²) >= 11 is 0. The molecule has 5 heteroatoms. The van der Waals surface area contributed by atoms with Crippen LogP contribution in [0.2, 0.25) is 0 Å². The van der Waals surface area contributed by atoms with E-state index in [0.29, 0.717) is 12.8 Å². The summed E-state index contributed by atoms with van der Waals surface area (Å²) in [4.78, 5) is 23.5. The van der Waals surface area contributed by atoms with Crippen molar-refractivity contribution in [2.24, 2.45) is 0 Å². The first-order valence-corrected chi connectivity index (χ1v) is 6.62. The molecular formula is C15H19NO4. The highest BCUT2D eigenvalue weighted by Gasteiger charge is 2.37. The molecule has 20 heavy (non-hydrogen) atoms. The van der Waals surface area contributed by atoms with Crippen molar-refractivity contribution in [3.05, 3.63) is 35.9 Å². The maximum atomic E-state index is 11.8. The summed E-state index contributed by atoms with van der Waals surface area (Å²) < 4.78 is 9.56. The van der Waals surface area contributed by atoms with Crippen molar-refractivity contribution in [2.45, 2.75) is 30.8 Å². The number of carbonyl (C=O) groups excluding carboxylic acids is 2. The van der Waals surface area contributed by atoms with E-state index in [1.807, 2.05) is 30.3 Å². The molecule has 1 N–H and O–H groups in total. The smallest absolute Gasteiger partial charge is 0.322 e. The first kappa shape index (κ1) is 14.5. The predicted molar refractivity (Wildman–Crippen MR) is 73.2 cm³/mol. The van der Waals surface area contributed by atoms with Crippen molar-refractivity contribution in [2.75, 3.05) is 14.2 Å². The molecule has 0 aliphatic carbocycles. The average molecular weight is 277 g/mol. The highest BCUT2D eigenvalue weighted by atomic mass is 16.5. The lowest BCUT2D eigenvalue weighted by atomic mass is 9.83. The number of esters is 2. The van der Waals surface area contributed by atoms with E-state index in [-0.39, 0.29) is 17.9 Å². The number of methoxy groups -OCH3 is 2. The van der Waals surface area contributed by atoms with Gasteiger partial charge in [-0.1, -0.05) is 30.3 Å². The molecule has 1 aliphatic rings. The SMILES string of the molecule is COC(=O)C1CC(c2ccccc2)CC(C(=O)OC)N1. The fourth-order valence-corrected chi connectivity index (χ4v) is 2.65. The molecule has 1 aromatic rings. The molecule has 0 spiro atoms. The number of piperidine rings is 1. The average Bonchev–Trinajstić information content (AvgIpc) is 2.53. The Labute approximate surface area is 118 Å². The Morgan fingerprint density at radius 2 is 1.50 bits per heavy atom. The van der Waals surface area contributed by atoms with Crippen molar-refractivity contribution in [1.82, 2.24) is 5.32 Å². The van der Waals surface area contributed by atoms with Crippen LogP contribution in [0.4, 0.5) is 0 Å². The molecule has 1 heterocycles. The van der Waals surface area contributed by atoms with Gasteiger partial charge in [0.1, 0.15) is 12.1 Å². The molecule has 0 aromatic heterocycles.